The molecule has 3 rings (SSSR count). The molecule has 1 aromatic heterocycles. The Hall–Kier alpha value is -3.01. The van der Waals surface area contributed by atoms with Crippen molar-refractivity contribution < 1.29 is 17.6 Å². The van der Waals surface area contributed by atoms with E-state index in [1.54, 1.807) is 18.3 Å². The molecule has 0 bridgehead atoms. The summed E-state index contributed by atoms with van der Waals surface area (Å²) in [6.45, 7) is 3.71. The van der Waals surface area contributed by atoms with Gasteiger partial charge in [0.25, 0.3) is 5.91 Å². The molecule has 160 valence electrons. The Morgan fingerprint density at radius 3 is 2.67 bits per heavy atom. The zero-order chi connectivity index (χ0) is 22.1. The molecule has 10 heteroatoms. The maximum Gasteiger partial charge on any atom is 0.274 e. The molecule has 1 aliphatic rings. The number of nitrogens with one attached hydrogen (secondary N) is 1. The summed E-state index contributed by atoms with van der Waals surface area (Å²) in [6.07, 6.45) is 2.40. The fourth-order valence-corrected chi connectivity index (χ4v) is 4.92. The molecule has 0 spiro atoms. The average molecular weight is 434 g/mol. The van der Waals surface area contributed by atoms with E-state index in [0.717, 1.165) is 9.87 Å². The minimum atomic E-state index is -3.77. The van der Waals surface area contributed by atoms with Gasteiger partial charge in [0.05, 0.1) is 5.75 Å². The lowest BCUT2D eigenvalue weighted by molar-refractivity contribution is 0.102. The SMILES string of the molecule is CCC[C@@]1(c2cc(NC(=O)c3ccc(C)cn3)ccc2F)CS(=O)(=O)N(C)C(N)=N1. The highest BCUT2D eigenvalue weighted by Crippen LogP contribution is 2.38. The molecule has 30 heavy (non-hydrogen) atoms. The number of amides is 1. The molecular formula is C20H24FN5O3S. The second-order valence-corrected chi connectivity index (χ2v) is 9.35. The van der Waals surface area contributed by atoms with Gasteiger partial charge in [-0.3, -0.25) is 9.78 Å². The lowest BCUT2D eigenvalue weighted by Crippen LogP contribution is -2.51. The van der Waals surface area contributed by atoms with E-state index in [-0.39, 0.29) is 23.6 Å². The first-order valence-electron chi connectivity index (χ1n) is 9.44. The largest absolute Gasteiger partial charge is 0.369 e. The fourth-order valence-electron chi connectivity index (χ4n) is 3.43. The zero-order valence-corrected chi connectivity index (χ0v) is 17.8. The zero-order valence-electron chi connectivity index (χ0n) is 17.0. The third kappa shape index (κ3) is 4.13. The van der Waals surface area contributed by atoms with Crippen molar-refractivity contribution in [1.29, 1.82) is 0 Å². The Labute approximate surface area is 175 Å². The summed E-state index contributed by atoms with van der Waals surface area (Å²) < 4.78 is 41.0. The van der Waals surface area contributed by atoms with Gasteiger partial charge in [0.1, 0.15) is 17.1 Å². The number of carbonyl (C=O) groups is 1. The summed E-state index contributed by atoms with van der Waals surface area (Å²) in [5, 5.41) is 2.68. The number of aliphatic imine (C=N–C) groups is 1. The average Bonchev–Trinajstić information content (AvgIpc) is 2.68. The van der Waals surface area contributed by atoms with Gasteiger partial charge in [-0.2, -0.15) is 0 Å². The van der Waals surface area contributed by atoms with Gasteiger partial charge in [-0.15, -0.1) is 0 Å². The van der Waals surface area contributed by atoms with Gasteiger partial charge >= 0.3 is 0 Å². The van der Waals surface area contributed by atoms with Crippen molar-refractivity contribution in [1.82, 2.24) is 9.29 Å². The first-order valence-corrected chi connectivity index (χ1v) is 11.0. The molecule has 0 saturated carbocycles. The van der Waals surface area contributed by atoms with Crippen LogP contribution in [0.25, 0.3) is 0 Å². The predicted octanol–water partition coefficient (Wildman–Crippen LogP) is 2.37. The number of rotatable bonds is 5. The number of sulfonamides is 1. The summed E-state index contributed by atoms with van der Waals surface area (Å²) in [4.78, 5) is 20.9. The van der Waals surface area contributed by atoms with Crippen LogP contribution in [0.5, 0.6) is 0 Å². The van der Waals surface area contributed by atoms with Crippen molar-refractivity contribution in [2.45, 2.75) is 32.2 Å². The van der Waals surface area contributed by atoms with Crippen molar-refractivity contribution in [2.24, 2.45) is 10.7 Å². The number of hydrogen-bond acceptors (Lipinski definition) is 6. The number of nitrogens with two attached hydrogens (primary N) is 1. The molecule has 0 unspecified atom stereocenters. The predicted molar refractivity (Wildman–Crippen MR) is 113 cm³/mol. The van der Waals surface area contributed by atoms with Gasteiger partial charge in [0.2, 0.25) is 16.0 Å². The van der Waals surface area contributed by atoms with E-state index in [9.17, 15) is 17.6 Å². The minimum absolute atomic E-state index is 0.0682. The van der Waals surface area contributed by atoms with Crippen LogP contribution < -0.4 is 11.1 Å². The number of carbonyl (C=O) groups excluding carboxylic acids is 1. The molecule has 1 aromatic carbocycles. The van der Waals surface area contributed by atoms with Crippen LogP contribution in [0.2, 0.25) is 0 Å². The third-order valence-electron chi connectivity index (χ3n) is 5.02. The van der Waals surface area contributed by atoms with E-state index in [1.807, 2.05) is 13.8 Å². The molecule has 0 fully saturated rings. The normalized spacial score (nSPS) is 20.5. The Bertz CT molecular complexity index is 1100. The Kier molecular flexibility index (Phi) is 5.80. The van der Waals surface area contributed by atoms with Crippen molar-refractivity contribution in [2.75, 3.05) is 18.1 Å². The monoisotopic (exact) mass is 433 g/mol. The first kappa shape index (κ1) is 21.7. The number of aryl methyl sites for hydroxylation is 1. The number of benzene rings is 1. The molecule has 1 atom stereocenters. The first-order chi connectivity index (χ1) is 14.1. The number of hydrogen-bond donors (Lipinski definition) is 2. The topological polar surface area (TPSA) is 118 Å². The van der Waals surface area contributed by atoms with Crippen molar-refractivity contribution in [3.8, 4) is 0 Å². The van der Waals surface area contributed by atoms with E-state index in [0.29, 0.717) is 12.1 Å². The molecule has 1 amide bonds. The van der Waals surface area contributed by atoms with E-state index in [4.69, 9.17) is 5.73 Å². The molecule has 3 N–H and O–H groups in total. The summed E-state index contributed by atoms with van der Waals surface area (Å²) in [5.41, 5.74) is 5.97. The summed E-state index contributed by atoms with van der Waals surface area (Å²) in [6, 6.07) is 7.34. The van der Waals surface area contributed by atoms with Crippen LogP contribution in [0.4, 0.5) is 10.1 Å². The molecule has 0 saturated heterocycles. The summed E-state index contributed by atoms with van der Waals surface area (Å²) in [7, 11) is -2.46. The fraction of sp³-hybridized carbons (Fsp3) is 0.350. The Morgan fingerprint density at radius 2 is 2.07 bits per heavy atom. The highest BCUT2D eigenvalue weighted by molar-refractivity contribution is 7.89. The van der Waals surface area contributed by atoms with E-state index >= 15 is 0 Å². The molecule has 2 aromatic rings. The quantitative estimate of drug-likeness (QED) is 0.751. The van der Waals surface area contributed by atoms with Crippen molar-refractivity contribution in [3.05, 3.63) is 59.2 Å². The minimum Gasteiger partial charge on any atom is -0.369 e. The van der Waals surface area contributed by atoms with Crippen LogP contribution in [0.15, 0.2) is 41.5 Å². The highest BCUT2D eigenvalue weighted by Gasteiger charge is 2.44. The van der Waals surface area contributed by atoms with Crippen molar-refractivity contribution in [3.63, 3.8) is 0 Å². The molecular weight excluding hydrogens is 409 g/mol. The maximum atomic E-state index is 14.9. The van der Waals surface area contributed by atoms with Gasteiger partial charge < -0.3 is 11.1 Å². The number of pyridine rings is 1. The lowest BCUT2D eigenvalue weighted by atomic mass is 9.87. The second kappa shape index (κ2) is 8.02. The standard InChI is InChI=1S/C20H24FN5O3S/c1-4-9-20(12-30(28,29)26(3)19(22)25-20)15-10-14(6-7-16(15)21)24-18(27)17-8-5-13(2)11-23-17/h5-8,10-11H,4,9,12H2,1-3H3,(H2,22,25)(H,24,27)/t20-/m0/s1. The van der Waals surface area contributed by atoms with Crippen LogP contribution >= 0.6 is 0 Å². The lowest BCUT2D eigenvalue weighted by Gasteiger charge is -2.37. The third-order valence-corrected chi connectivity index (χ3v) is 6.89. The van der Waals surface area contributed by atoms with Crippen LogP contribution in [-0.2, 0) is 15.6 Å². The highest BCUT2D eigenvalue weighted by atomic mass is 32.2. The Morgan fingerprint density at radius 1 is 1.33 bits per heavy atom. The smallest absolute Gasteiger partial charge is 0.274 e. The van der Waals surface area contributed by atoms with E-state index in [1.165, 1.54) is 25.2 Å². The number of halogens is 1. The van der Waals surface area contributed by atoms with Gasteiger partial charge in [0.15, 0.2) is 0 Å². The van der Waals surface area contributed by atoms with Crippen LogP contribution in [0.1, 0.15) is 41.4 Å². The second-order valence-electron chi connectivity index (χ2n) is 7.34. The van der Waals surface area contributed by atoms with E-state index < -0.39 is 33.0 Å². The number of nitrogens with zero attached hydrogens (tertiary/aromatic N) is 3. The van der Waals surface area contributed by atoms with Gasteiger partial charge in [-0.05, 0) is 43.2 Å². The Balaban J connectivity index is 2.02. The van der Waals surface area contributed by atoms with Gasteiger partial charge in [-0.25, -0.2) is 22.1 Å². The number of anilines is 1. The van der Waals surface area contributed by atoms with E-state index in [2.05, 4.69) is 15.3 Å². The molecule has 0 aliphatic carbocycles. The molecule has 1 aliphatic heterocycles. The number of aromatic nitrogens is 1. The van der Waals surface area contributed by atoms with Crippen LogP contribution in [0.3, 0.4) is 0 Å². The molecule has 8 nitrogen and oxygen atoms in total. The van der Waals surface area contributed by atoms with Crippen LogP contribution in [-0.4, -0.2) is 42.4 Å². The summed E-state index contributed by atoms with van der Waals surface area (Å²) in [5.74, 6) is -1.70. The molecule has 0 radical (unpaired) electrons. The van der Waals surface area contributed by atoms with Crippen LogP contribution in [0, 0.1) is 12.7 Å². The maximum absolute atomic E-state index is 14.9. The summed E-state index contributed by atoms with van der Waals surface area (Å²) >= 11 is 0. The van der Waals surface area contributed by atoms with Gasteiger partial charge in [0, 0.05) is 24.5 Å². The number of guanidine groups is 1. The molecule has 2 heterocycles. The van der Waals surface area contributed by atoms with Crippen molar-refractivity contribution >= 4 is 27.6 Å². The van der Waals surface area contributed by atoms with Gasteiger partial charge in [-0.1, -0.05) is 19.4 Å².